The lowest BCUT2D eigenvalue weighted by Crippen LogP contribution is -2.15. The molecule has 0 heterocycles. The summed E-state index contributed by atoms with van der Waals surface area (Å²) < 4.78 is 26.8. The largest absolute Gasteiger partial charge is 0.463 e. The van der Waals surface area contributed by atoms with Crippen molar-refractivity contribution in [2.45, 2.75) is 155 Å². The van der Waals surface area contributed by atoms with Gasteiger partial charge in [0.05, 0.1) is 39.6 Å². The molecule has 41 heavy (non-hydrogen) atoms. The zero-order valence-electron chi connectivity index (χ0n) is 27.1. The SMILES string of the molecule is CCCCCCCCCCCCC(=O)OCCOCCOCCOCCOC(=O)CCCCCCCCCCCC. The van der Waals surface area contributed by atoms with Gasteiger partial charge in [0.15, 0.2) is 0 Å². The zero-order chi connectivity index (χ0) is 29.9. The molecule has 0 aromatic rings. The van der Waals surface area contributed by atoms with Crippen molar-refractivity contribution in [2.24, 2.45) is 0 Å². The summed E-state index contributed by atoms with van der Waals surface area (Å²) in [4.78, 5) is 23.6. The standard InChI is InChI=1S/C34H66O7/c1-3-5-7-9-11-13-15-17-19-21-23-33(35)40-31-29-38-27-25-37-26-28-39-30-32-41-34(36)24-22-20-18-16-14-12-10-8-6-4-2/h3-32H2,1-2H3. The van der Waals surface area contributed by atoms with E-state index in [1.807, 2.05) is 0 Å². The monoisotopic (exact) mass is 586 g/mol. The van der Waals surface area contributed by atoms with Crippen molar-refractivity contribution in [2.75, 3.05) is 52.9 Å². The topological polar surface area (TPSA) is 80.3 Å². The first-order valence-electron chi connectivity index (χ1n) is 17.2. The molecule has 0 atom stereocenters. The number of rotatable bonds is 34. The first kappa shape index (κ1) is 39.8. The Labute approximate surface area is 253 Å². The average Bonchev–Trinajstić information content (AvgIpc) is 2.97. The Morgan fingerprint density at radius 3 is 0.878 bits per heavy atom. The van der Waals surface area contributed by atoms with E-state index >= 15 is 0 Å². The van der Waals surface area contributed by atoms with Crippen LogP contribution in [-0.4, -0.2) is 64.8 Å². The molecule has 0 spiro atoms. The third kappa shape index (κ3) is 34.9. The highest BCUT2D eigenvalue weighted by atomic mass is 16.6. The molecule has 7 heteroatoms. The lowest BCUT2D eigenvalue weighted by atomic mass is 10.1. The molecule has 7 nitrogen and oxygen atoms in total. The van der Waals surface area contributed by atoms with E-state index in [2.05, 4.69) is 13.8 Å². The van der Waals surface area contributed by atoms with Gasteiger partial charge in [0.1, 0.15) is 13.2 Å². The predicted octanol–water partition coefficient (Wildman–Crippen LogP) is 8.74. The Kier molecular flexibility index (Phi) is 34.0. The van der Waals surface area contributed by atoms with Crippen LogP contribution in [0.1, 0.15) is 155 Å². The smallest absolute Gasteiger partial charge is 0.305 e. The van der Waals surface area contributed by atoms with E-state index in [0.717, 1.165) is 25.7 Å². The molecule has 0 bridgehead atoms. The minimum absolute atomic E-state index is 0.133. The summed E-state index contributed by atoms with van der Waals surface area (Å²) in [6.45, 7) is 7.67. The first-order chi connectivity index (χ1) is 20.2. The minimum atomic E-state index is -0.133. The molecule has 0 radical (unpaired) electrons. The van der Waals surface area contributed by atoms with Crippen LogP contribution in [0.25, 0.3) is 0 Å². The van der Waals surface area contributed by atoms with Crippen molar-refractivity contribution in [3.05, 3.63) is 0 Å². The van der Waals surface area contributed by atoms with Crippen molar-refractivity contribution in [3.63, 3.8) is 0 Å². The highest BCUT2D eigenvalue weighted by molar-refractivity contribution is 5.69. The fourth-order valence-electron chi connectivity index (χ4n) is 4.63. The molecule has 0 aromatic carbocycles. The second kappa shape index (κ2) is 35.0. The van der Waals surface area contributed by atoms with Crippen LogP contribution in [0.2, 0.25) is 0 Å². The maximum Gasteiger partial charge on any atom is 0.305 e. The second-order valence-electron chi connectivity index (χ2n) is 11.1. The van der Waals surface area contributed by atoms with Gasteiger partial charge in [-0.05, 0) is 12.8 Å². The fraction of sp³-hybridized carbons (Fsp3) is 0.941. The molecule has 0 rings (SSSR count). The molecule has 0 N–H and O–H groups in total. The summed E-state index contributed by atoms with van der Waals surface area (Å²) in [6.07, 6.45) is 26.1. The summed E-state index contributed by atoms with van der Waals surface area (Å²) >= 11 is 0. The summed E-state index contributed by atoms with van der Waals surface area (Å²) in [5.41, 5.74) is 0. The molecule has 0 aromatic heterocycles. The molecule has 0 fully saturated rings. The van der Waals surface area contributed by atoms with Gasteiger partial charge < -0.3 is 23.7 Å². The van der Waals surface area contributed by atoms with Crippen LogP contribution in [0.4, 0.5) is 0 Å². The molecular weight excluding hydrogens is 520 g/mol. The van der Waals surface area contributed by atoms with Gasteiger partial charge in [-0.15, -0.1) is 0 Å². The van der Waals surface area contributed by atoms with E-state index in [1.54, 1.807) is 0 Å². The van der Waals surface area contributed by atoms with Crippen LogP contribution in [0, 0.1) is 0 Å². The van der Waals surface area contributed by atoms with Gasteiger partial charge in [-0.2, -0.15) is 0 Å². The molecule has 0 aliphatic carbocycles. The highest BCUT2D eigenvalue weighted by Crippen LogP contribution is 2.12. The molecule has 0 saturated carbocycles. The molecular formula is C34H66O7. The molecule has 0 aliphatic rings. The van der Waals surface area contributed by atoms with Gasteiger partial charge >= 0.3 is 11.9 Å². The predicted molar refractivity (Wildman–Crippen MR) is 167 cm³/mol. The van der Waals surface area contributed by atoms with Gasteiger partial charge in [0.25, 0.3) is 0 Å². The Bertz CT molecular complexity index is 495. The maximum absolute atomic E-state index is 11.8. The summed E-state index contributed by atoms with van der Waals surface area (Å²) in [6, 6.07) is 0. The van der Waals surface area contributed by atoms with Gasteiger partial charge in [-0.25, -0.2) is 0 Å². The lowest BCUT2D eigenvalue weighted by molar-refractivity contribution is -0.146. The van der Waals surface area contributed by atoms with Crippen LogP contribution in [0.15, 0.2) is 0 Å². The fourth-order valence-corrected chi connectivity index (χ4v) is 4.63. The van der Waals surface area contributed by atoms with Gasteiger partial charge in [-0.1, -0.05) is 129 Å². The third-order valence-electron chi connectivity index (χ3n) is 7.19. The van der Waals surface area contributed by atoms with Gasteiger partial charge in [-0.3, -0.25) is 9.59 Å². The van der Waals surface area contributed by atoms with Gasteiger partial charge in [0.2, 0.25) is 0 Å². The average molecular weight is 587 g/mol. The van der Waals surface area contributed by atoms with Crippen LogP contribution >= 0.6 is 0 Å². The Morgan fingerprint density at radius 2 is 0.585 bits per heavy atom. The second-order valence-corrected chi connectivity index (χ2v) is 11.1. The Hall–Kier alpha value is -1.18. The number of carbonyl (C=O) groups is 2. The quantitative estimate of drug-likeness (QED) is 0.0551. The van der Waals surface area contributed by atoms with E-state index < -0.39 is 0 Å². The zero-order valence-corrected chi connectivity index (χ0v) is 27.1. The lowest BCUT2D eigenvalue weighted by Gasteiger charge is -2.08. The van der Waals surface area contributed by atoms with E-state index in [-0.39, 0.29) is 25.2 Å². The number of carbonyl (C=O) groups excluding carboxylic acids is 2. The summed E-state index contributed by atoms with van der Waals surface area (Å²) in [5, 5.41) is 0. The summed E-state index contributed by atoms with van der Waals surface area (Å²) in [5.74, 6) is -0.267. The van der Waals surface area contributed by atoms with E-state index in [1.165, 1.54) is 103 Å². The Balaban J connectivity index is 3.22. The number of hydrogen-bond acceptors (Lipinski definition) is 7. The van der Waals surface area contributed by atoms with Crippen LogP contribution in [0.5, 0.6) is 0 Å². The van der Waals surface area contributed by atoms with E-state index in [9.17, 15) is 9.59 Å². The van der Waals surface area contributed by atoms with Crippen molar-refractivity contribution >= 4 is 11.9 Å². The minimum Gasteiger partial charge on any atom is -0.463 e. The van der Waals surface area contributed by atoms with Crippen molar-refractivity contribution in [1.82, 2.24) is 0 Å². The highest BCUT2D eigenvalue weighted by Gasteiger charge is 2.04. The number of hydrogen-bond donors (Lipinski definition) is 0. The number of unbranched alkanes of at least 4 members (excludes halogenated alkanes) is 18. The third-order valence-corrected chi connectivity index (χ3v) is 7.19. The maximum atomic E-state index is 11.8. The molecule has 0 aliphatic heterocycles. The van der Waals surface area contributed by atoms with E-state index in [4.69, 9.17) is 23.7 Å². The summed E-state index contributed by atoms with van der Waals surface area (Å²) in [7, 11) is 0. The van der Waals surface area contributed by atoms with Crippen LogP contribution in [0.3, 0.4) is 0 Å². The van der Waals surface area contributed by atoms with E-state index in [0.29, 0.717) is 52.5 Å². The first-order valence-corrected chi connectivity index (χ1v) is 17.2. The number of esters is 2. The van der Waals surface area contributed by atoms with Crippen molar-refractivity contribution < 1.29 is 33.3 Å². The van der Waals surface area contributed by atoms with Crippen LogP contribution < -0.4 is 0 Å². The molecule has 0 amide bonds. The molecule has 244 valence electrons. The Morgan fingerprint density at radius 1 is 0.341 bits per heavy atom. The van der Waals surface area contributed by atoms with Crippen molar-refractivity contribution in [1.29, 1.82) is 0 Å². The molecule has 0 saturated heterocycles. The van der Waals surface area contributed by atoms with Gasteiger partial charge in [0, 0.05) is 12.8 Å². The van der Waals surface area contributed by atoms with Crippen LogP contribution in [-0.2, 0) is 33.3 Å². The number of ether oxygens (including phenoxy) is 5. The van der Waals surface area contributed by atoms with Crippen molar-refractivity contribution in [3.8, 4) is 0 Å². The normalized spacial score (nSPS) is 11.2. The molecule has 0 unspecified atom stereocenters.